The average Bonchev–Trinajstić information content (AvgIpc) is 2.38. The summed E-state index contributed by atoms with van der Waals surface area (Å²) in [6, 6.07) is 0. The van der Waals surface area contributed by atoms with Crippen LogP contribution in [-0.2, 0) is 11.3 Å². The van der Waals surface area contributed by atoms with Crippen molar-refractivity contribution in [1.29, 1.82) is 0 Å². The number of rotatable bonds is 3. The Bertz CT molecular complexity index is 375. The lowest BCUT2D eigenvalue weighted by atomic mass is 10.2. The molecule has 0 aromatic carbocycles. The van der Waals surface area contributed by atoms with Crippen molar-refractivity contribution in [2.75, 3.05) is 24.6 Å². The van der Waals surface area contributed by atoms with Crippen LogP contribution in [0.3, 0.4) is 0 Å². The molecule has 1 aromatic rings. The molecule has 0 amide bonds. The number of morpholine rings is 1. The van der Waals surface area contributed by atoms with Crippen LogP contribution in [0.5, 0.6) is 0 Å². The van der Waals surface area contributed by atoms with Crippen LogP contribution in [0.4, 0.5) is 5.82 Å². The Morgan fingerprint density at radius 1 is 1.41 bits per heavy atom. The largest absolute Gasteiger partial charge is 0.394 e. The Kier molecular flexibility index (Phi) is 3.88. The Hall–Kier alpha value is -1.24. The highest BCUT2D eigenvalue weighted by Gasteiger charge is 2.25. The molecule has 1 fully saturated rings. The highest BCUT2D eigenvalue weighted by atomic mass is 16.5. The fourth-order valence-corrected chi connectivity index (χ4v) is 1.96. The fraction of sp³-hybridized carbons (Fsp3) is 0.636. The molecule has 2 atom stereocenters. The van der Waals surface area contributed by atoms with Crippen molar-refractivity contribution in [3.8, 4) is 0 Å². The minimum Gasteiger partial charge on any atom is -0.394 e. The lowest BCUT2D eigenvalue weighted by Crippen LogP contribution is -2.48. The van der Waals surface area contributed by atoms with Gasteiger partial charge in [-0.2, -0.15) is 0 Å². The second kappa shape index (κ2) is 5.39. The van der Waals surface area contributed by atoms with Crippen molar-refractivity contribution < 1.29 is 14.9 Å². The van der Waals surface area contributed by atoms with Crippen LogP contribution >= 0.6 is 0 Å². The normalized spacial score (nSPS) is 25.0. The van der Waals surface area contributed by atoms with E-state index < -0.39 is 0 Å². The number of aromatic nitrogens is 2. The molecule has 2 unspecified atom stereocenters. The third-order valence-corrected chi connectivity index (χ3v) is 2.69. The first kappa shape index (κ1) is 12.2. The van der Waals surface area contributed by atoms with Gasteiger partial charge in [-0.3, -0.25) is 4.98 Å². The summed E-state index contributed by atoms with van der Waals surface area (Å²) in [5.74, 6) is 0.713. The van der Waals surface area contributed by atoms with Gasteiger partial charge in [0, 0.05) is 13.1 Å². The Balaban J connectivity index is 2.14. The Morgan fingerprint density at radius 2 is 2.24 bits per heavy atom. The molecule has 0 saturated carbocycles. The maximum atomic E-state index is 9.15. The van der Waals surface area contributed by atoms with E-state index in [1.165, 1.54) is 6.20 Å². The van der Waals surface area contributed by atoms with Gasteiger partial charge in [0.05, 0.1) is 43.5 Å². The van der Waals surface area contributed by atoms with E-state index in [9.17, 15) is 0 Å². The minimum atomic E-state index is -0.196. The third-order valence-electron chi connectivity index (χ3n) is 2.69. The first-order valence-corrected chi connectivity index (χ1v) is 5.66. The number of hydrogen-bond donors (Lipinski definition) is 2. The molecule has 1 saturated heterocycles. The molecule has 1 aliphatic heterocycles. The molecule has 0 spiro atoms. The molecule has 6 heteroatoms. The molecule has 6 nitrogen and oxygen atoms in total. The van der Waals surface area contributed by atoms with Gasteiger partial charge in [0.25, 0.3) is 0 Å². The van der Waals surface area contributed by atoms with Gasteiger partial charge in [-0.25, -0.2) is 4.98 Å². The lowest BCUT2D eigenvalue weighted by molar-refractivity contribution is -0.0423. The van der Waals surface area contributed by atoms with Crippen LogP contribution in [0.25, 0.3) is 0 Å². The molecule has 2 N–H and O–H groups in total. The van der Waals surface area contributed by atoms with E-state index >= 15 is 0 Å². The van der Waals surface area contributed by atoms with Crippen LogP contribution < -0.4 is 4.90 Å². The number of aliphatic hydroxyl groups is 2. The van der Waals surface area contributed by atoms with Crippen molar-refractivity contribution in [3.05, 3.63) is 18.1 Å². The quantitative estimate of drug-likeness (QED) is 0.744. The molecule has 94 valence electrons. The summed E-state index contributed by atoms with van der Waals surface area (Å²) >= 11 is 0. The SMILES string of the molecule is CC1CN(c2cncc(CO)n2)CC(CO)O1. The molecule has 0 radical (unpaired) electrons. The van der Waals surface area contributed by atoms with Crippen molar-refractivity contribution in [2.45, 2.75) is 25.7 Å². The summed E-state index contributed by atoms with van der Waals surface area (Å²) in [6.07, 6.45) is 3.04. The first-order valence-electron chi connectivity index (χ1n) is 5.66. The van der Waals surface area contributed by atoms with E-state index in [2.05, 4.69) is 9.97 Å². The van der Waals surface area contributed by atoms with Gasteiger partial charge < -0.3 is 19.8 Å². The topological polar surface area (TPSA) is 78.7 Å². The minimum absolute atomic E-state index is 0.00599. The van der Waals surface area contributed by atoms with Crippen LogP contribution in [0.1, 0.15) is 12.6 Å². The van der Waals surface area contributed by atoms with Gasteiger partial charge in [0.1, 0.15) is 5.82 Å². The molecule has 1 aromatic heterocycles. The summed E-state index contributed by atoms with van der Waals surface area (Å²) in [6.45, 7) is 3.13. The first-order chi connectivity index (χ1) is 8.22. The summed E-state index contributed by atoms with van der Waals surface area (Å²) in [5, 5.41) is 18.2. The number of anilines is 1. The Morgan fingerprint density at radius 3 is 2.94 bits per heavy atom. The predicted octanol–water partition coefficient (Wildman–Crippen LogP) is -0.445. The second-order valence-electron chi connectivity index (χ2n) is 4.18. The molecule has 2 rings (SSSR count). The Labute approximate surface area is 99.9 Å². The van der Waals surface area contributed by atoms with Crippen molar-refractivity contribution in [3.63, 3.8) is 0 Å². The summed E-state index contributed by atoms with van der Waals surface area (Å²) in [7, 11) is 0. The van der Waals surface area contributed by atoms with Crippen molar-refractivity contribution in [1.82, 2.24) is 9.97 Å². The maximum absolute atomic E-state index is 9.15. The van der Waals surface area contributed by atoms with Gasteiger partial charge in [-0.15, -0.1) is 0 Å². The second-order valence-corrected chi connectivity index (χ2v) is 4.18. The van der Waals surface area contributed by atoms with Gasteiger partial charge in [0.2, 0.25) is 0 Å². The summed E-state index contributed by atoms with van der Waals surface area (Å²) < 4.78 is 5.55. The van der Waals surface area contributed by atoms with Crippen molar-refractivity contribution >= 4 is 5.82 Å². The molecular weight excluding hydrogens is 222 g/mol. The molecule has 0 aliphatic carbocycles. The van der Waals surface area contributed by atoms with Gasteiger partial charge in [-0.05, 0) is 6.92 Å². The van der Waals surface area contributed by atoms with E-state index in [0.717, 1.165) is 0 Å². The monoisotopic (exact) mass is 239 g/mol. The highest BCUT2D eigenvalue weighted by molar-refractivity contribution is 5.37. The van der Waals surface area contributed by atoms with E-state index in [4.69, 9.17) is 14.9 Å². The van der Waals surface area contributed by atoms with Crippen LogP contribution in [0.15, 0.2) is 12.4 Å². The lowest BCUT2D eigenvalue weighted by Gasteiger charge is -2.36. The smallest absolute Gasteiger partial charge is 0.147 e. The standard InChI is InChI=1S/C11H17N3O3/c1-8-4-14(5-10(7-16)17-8)11-3-12-2-9(6-15)13-11/h2-3,8,10,15-16H,4-7H2,1H3. The van der Waals surface area contributed by atoms with Crippen molar-refractivity contribution in [2.24, 2.45) is 0 Å². The van der Waals surface area contributed by atoms with E-state index in [0.29, 0.717) is 24.6 Å². The molecule has 0 bridgehead atoms. The van der Waals surface area contributed by atoms with Gasteiger partial charge in [-0.1, -0.05) is 0 Å². The highest BCUT2D eigenvalue weighted by Crippen LogP contribution is 2.17. The molecule has 2 heterocycles. The number of ether oxygens (including phenoxy) is 1. The fourth-order valence-electron chi connectivity index (χ4n) is 1.96. The zero-order valence-electron chi connectivity index (χ0n) is 9.78. The van der Waals surface area contributed by atoms with E-state index in [-0.39, 0.29) is 25.4 Å². The predicted molar refractivity (Wildman–Crippen MR) is 61.6 cm³/mol. The molecule has 1 aliphatic rings. The van der Waals surface area contributed by atoms with E-state index in [1.54, 1.807) is 6.20 Å². The zero-order chi connectivity index (χ0) is 12.3. The molecule has 17 heavy (non-hydrogen) atoms. The van der Waals surface area contributed by atoms with Gasteiger partial charge in [0.15, 0.2) is 0 Å². The zero-order valence-corrected chi connectivity index (χ0v) is 9.78. The maximum Gasteiger partial charge on any atom is 0.147 e. The van der Waals surface area contributed by atoms with Gasteiger partial charge >= 0.3 is 0 Å². The summed E-state index contributed by atoms with van der Waals surface area (Å²) in [4.78, 5) is 10.3. The van der Waals surface area contributed by atoms with E-state index in [1.807, 2.05) is 11.8 Å². The van der Waals surface area contributed by atoms with Crippen LogP contribution in [0, 0.1) is 0 Å². The van der Waals surface area contributed by atoms with Crippen LogP contribution in [0.2, 0.25) is 0 Å². The molecular formula is C11H17N3O3. The van der Waals surface area contributed by atoms with Crippen LogP contribution in [-0.4, -0.2) is 52.1 Å². The number of hydrogen-bond acceptors (Lipinski definition) is 6. The number of nitrogens with zero attached hydrogens (tertiary/aromatic N) is 3. The third kappa shape index (κ3) is 2.91. The summed E-state index contributed by atoms with van der Waals surface area (Å²) in [5.41, 5.74) is 0.544. The number of aliphatic hydroxyl groups excluding tert-OH is 2. The average molecular weight is 239 g/mol.